The molecule has 0 radical (unpaired) electrons. The summed E-state index contributed by atoms with van der Waals surface area (Å²) in [6.07, 6.45) is 1.02. The van der Waals surface area contributed by atoms with Crippen LogP contribution in [0.1, 0.15) is 37.4 Å². The molecule has 0 bridgehead atoms. The van der Waals surface area contributed by atoms with Gasteiger partial charge in [0.05, 0.1) is 9.75 Å². The molecule has 0 aliphatic carbocycles. The first-order chi connectivity index (χ1) is 7.04. The highest BCUT2D eigenvalue weighted by Gasteiger charge is 2.29. The summed E-state index contributed by atoms with van der Waals surface area (Å²) in [5, 5.41) is 0. The van der Waals surface area contributed by atoms with Crippen LogP contribution >= 0.6 is 11.3 Å². The van der Waals surface area contributed by atoms with Gasteiger partial charge in [-0.25, -0.2) is 0 Å². The summed E-state index contributed by atoms with van der Waals surface area (Å²) in [5.74, 6) is 1.99. The summed E-state index contributed by atoms with van der Waals surface area (Å²) in [5.41, 5.74) is 0.142. The molecule has 0 N–H and O–H groups in total. The van der Waals surface area contributed by atoms with E-state index >= 15 is 0 Å². The zero-order chi connectivity index (χ0) is 11.1. The van der Waals surface area contributed by atoms with E-state index in [2.05, 4.69) is 27.7 Å². The molecular formula is C12H18O2S. The van der Waals surface area contributed by atoms with Crippen LogP contribution in [0.5, 0.6) is 11.5 Å². The Morgan fingerprint density at radius 1 is 1.13 bits per heavy atom. The van der Waals surface area contributed by atoms with E-state index in [0.717, 1.165) is 17.9 Å². The predicted molar refractivity (Wildman–Crippen MR) is 63.4 cm³/mol. The maximum Gasteiger partial charge on any atom is 0.176 e. The molecule has 0 spiro atoms. The minimum atomic E-state index is 0.142. The fraction of sp³-hybridized carbons (Fsp3) is 0.667. The Labute approximate surface area is 95.2 Å². The molecule has 0 saturated heterocycles. The Morgan fingerprint density at radius 3 is 2.27 bits per heavy atom. The van der Waals surface area contributed by atoms with Gasteiger partial charge in [-0.1, -0.05) is 27.7 Å². The third-order valence-corrected chi connectivity index (χ3v) is 4.19. The molecule has 0 saturated carbocycles. The molecule has 2 nitrogen and oxygen atoms in total. The number of aryl methyl sites for hydroxylation is 1. The van der Waals surface area contributed by atoms with Crippen LogP contribution in [0.25, 0.3) is 0 Å². The van der Waals surface area contributed by atoms with Crippen molar-refractivity contribution in [3.05, 3.63) is 9.75 Å². The molecule has 0 unspecified atom stereocenters. The number of hydrogen-bond donors (Lipinski definition) is 0. The highest BCUT2D eigenvalue weighted by molar-refractivity contribution is 7.13. The van der Waals surface area contributed by atoms with Crippen LogP contribution in [0.3, 0.4) is 0 Å². The van der Waals surface area contributed by atoms with Gasteiger partial charge < -0.3 is 9.47 Å². The van der Waals surface area contributed by atoms with Gasteiger partial charge in [0.2, 0.25) is 0 Å². The third kappa shape index (κ3) is 1.85. The fourth-order valence-corrected chi connectivity index (χ4v) is 2.92. The van der Waals surface area contributed by atoms with Crippen LogP contribution in [0.15, 0.2) is 0 Å². The van der Waals surface area contributed by atoms with E-state index in [1.807, 2.05) is 11.3 Å². The predicted octanol–water partition coefficient (Wildman–Crippen LogP) is 3.38. The highest BCUT2D eigenvalue weighted by atomic mass is 32.1. The van der Waals surface area contributed by atoms with Gasteiger partial charge >= 0.3 is 0 Å². The second-order valence-electron chi connectivity index (χ2n) is 4.81. The molecule has 1 aromatic heterocycles. The van der Waals surface area contributed by atoms with Gasteiger partial charge in [0.15, 0.2) is 11.5 Å². The van der Waals surface area contributed by atoms with Crippen molar-refractivity contribution in [3.63, 3.8) is 0 Å². The normalized spacial score (nSPS) is 15.5. The number of ether oxygens (including phenoxy) is 2. The monoisotopic (exact) mass is 226 g/mol. The zero-order valence-corrected chi connectivity index (χ0v) is 10.7. The average Bonchev–Trinajstić information content (AvgIpc) is 2.55. The average molecular weight is 226 g/mol. The second-order valence-corrected chi connectivity index (χ2v) is 5.92. The van der Waals surface area contributed by atoms with E-state index in [-0.39, 0.29) is 5.41 Å². The van der Waals surface area contributed by atoms with Gasteiger partial charge in [0.1, 0.15) is 13.2 Å². The summed E-state index contributed by atoms with van der Waals surface area (Å²) in [7, 11) is 0. The third-order valence-electron chi connectivity index (χ3n) is 2.47. The Kier molecular flexibility index (Phi) is 2.67. The number of thiophene rings is 1. The van der Waals surface area contributed by atoms with Crippen molar-refractivity contribution >= 4 is 11.3 Å². The van der Waals surface area contributed by atoms with Crippen molar-refractivity contribution in [2.75, 3.05) is 13.2 Å². The largest absolute Gasteiger partial charge is 0.485 e. The van der Waals surface area contributed by atoms with E-state index in [9.17, 15) is 0 Å². The molecular weight excluding hydrogens is 208 g/mol. The van der Waals surface area contributed by atoms with Crippen LogP contribution in [0.2, 0.25) is 0 Å². The van der Waals surface area contributed by atoms with E-state index < -0.39 is 0 Å². The molecule has 0 aromatic carbocycles. The van der Waals surface area contributed by atoms with Gasteiger partial charge in [0, 0.05) is 5.41 Å². The Hall–Kier alpha value is -0.700. The van der Waals surface area contributed by atoms with E-state index in [0.29, 0.717) is 13.2 Å². The van der Waals surface area contributed by atoms with Crippen LogP contribution in [0, 0.1) is 0 Å². The molecule has 15 heavy (non-hydrogen) atoms. The van der Waals surface area contributed by atoms with Gasteiger partial charge in [0.25, 0.3) is 0 Å². The van der Waals surface area contributed by atoms with Gasteiger partial charge in [-0.2, -0.15) is 0 Å². The molecule has 0 amide bonds. The maximum atomic E-state index is 5.75. The van der Waals surface area contributed by atoms with Gasteiger partial charge in [-0.05, 0) is 6.42 Å². The maximum absolute atomic E-state index is 5.75. The SMILES string of the molecule is CCc1sc(C(C)(C)C)c2c1OCCO2. The number of fused-ring (bicyclic) bond motifs is 1. The van der Waals surface area contributed by atoms with Crippen molar-refractivity contribution in [3.8, 4) is 11.5 Å². The molecule has 84 valence electrons. The Bertz CT molecular complexity index is 360. The highest BCUT2D eigenvalue weighted by Crippen LogP contribution is 2.48. The molecule has 0 fully saturated rings. The van der Waals surface area contributed by atoms with E-state index in [1.54, 1.807) is 0 Å². The summed E-state index contributed by atoms with van der Waals surface area (Å²) in [4.78, 5) is 2.63. The summed E-state index contributed by atoms with van der Waals surface area (Å²) in [6, 6.07) is 0. The van der Waals surface area contributed by atoms with Gasteiger partial charge in [-0.3, -0.25) is 0 Å². The minimum absolute atomic E-state index is 0.142. The van der Waals surface area contributed by atoms with Crippen molar-refractivity contribution in [2.45, 2.75) is 39.5 Å². The number of rotatable bonds is 1. The summed E-state index contributed by atoms with van der Waals surface area (Å²) >= 11 is 1.83. The lowest BCUT2D eigenvalue weighted by atomic mass is 9.94. The molecule has 1 aliphatic heterocycles. The Balaban J connectivity index is 2.52. The molecule has 1 aromatic rings. The van der Waals surface area contributed by atoms with E-state index in [1.165, 1.54) is 9.75 Å². The van der Waals surface area contributed by atoms with Crippen molar-refractivity contribution in [1.82, 2.24) is 0 Å². The topological polar surface area (TPSA) is 18.5 Å². The minimum Gasteiger partial charge on any atom is -0.485 e. The first-order valence-corrected chi connectivity index (χ1v) is 6.27. The van der Waals surface area contributed by atoms with Crippen molar-refractivity contribution < 1.29 is 9.47 Å². The summed E-state index contributed by atoms with van der Waals surface area (Å²) < 4.78 is 11.5. The number of hydrogen-bond acceptors (Lipinski definition) is 3. The second kappa shape index (κ2) is 3.71. The van der Waals surface area contributed by atoms with Crippen LogP contribution in [-0.2, 0) is 11.8 Å². The van der Waals surface area contributed by atoms with Gasteiger partial charge in [-0.15, -0.1) is 11.3 Å². The molecule has 2 rings (SSSR count). The standard InChI is InChI=1S/C12H18O2S/c1-5-8-9-10(14-7-6-13-9)11(15-8)12(2,3)4/h5-7H2,1-4H3. The van der Waals surface area contributed by atoms with E-state index in [4.69, 9.17) is 9.47 Å². The summed E-state index contributed by atoms with van der Waals surface area (Å²) in [6.45, 7) is 10.2. The van der Waals surface area contributed by atoms with Crippen LogP contribution in [-0.4, -0.2) is 13.2 Å². The van der Waals surface area contributed by atoms with Crippen LogP contribution in [0.4, 0.5) is 0 Å². The Morgan fingerprint density at radius 2 is 1.73 bits per heavy atom. The lowest BCUT2D eigenvalue weighted by Gasteiger charge is -2.22. The lowest BCUT2D eigenvalue weighted by Crippen LogP contribution is -2.18. The quantitative estimate of drug-likeness (QED) is 0.731. The molecule has 3 heteroatoms. The molecule has 1 aliphatic rings. The zero-order valence-electron chi connectivity index (χ0n) is 9.85. The fourth-order valence-electron chi connectivity index (χ4n) is 1.74. The first-order valence-electron chi connectivity index (χ1n) is 5.45. The van der Waals surface area contributed by atoms with Crippen molar-refractivity contribution in [2.24, 2.45) is 0 Å². The molecule has 2 heterocycles. The lowest BCUT2D eigenvalue weighted by molar-refractivity contribution is 0.169. The smallest absolute Gasteiger partial charge is 0.176 e. The molecule has 0 atom stereocenters. The van der Waals surface area contributed by atoms with Crippen molar-refractivity contribution in [1.29, 1.82) is 0 Å². The first kappa shape index (κ1) is 10.8. The van der Waals surface area contributed by atoms with Crippen LogP contribution < -0.4 is 9.47 Å².